The molecule has 2 rings (SSSR count). The molecule has 2 aromatic carbocycles. The van der Waals surface area contributed by atoms with Crippen molar-refractivity contribution in [3.8, 4) is 11.5 Å². The summed E-state index contributed by atoms with van der Waals surface area (Å²) < 4.78 is 11.4. The first-order valence-corrected chi connectivity index (χ1v) is 7.46. The molecule has 0 fully saturated rings. The van der Waals surface area contributed by atoms with Gasteiger partial charge in [0, 0.05) is 11.4 Å². The van der Waals surface area contributed by atoms with E-state index in [4.69, 9.17) is 26.8 Å². The lowest BCUT2D eigenvalue weighted by molar-refractivity contribution is 0.246. The minimum Gasteiger partial charge on any atom is -0.493 e. The van der Waals surface area contributed by atoms with Crippen molar-refractivity contribution in [2.45, 2.75) is 12.8 Å². The highest BCUT2D eigenvalue weighted by atomic mass is 35.5. The molecule has 0 aliphatic rings. The SMILES string of the molecule is NCCc1cc(Cl)ccc1OCCCOc1ccccc1. The maximum absolute atomic E-state index is 5.99. The molecule has 0 heterocycles. The Morgan fingerprint density at radius 2 is 1.71 bits per heavy atom. The molecule has 2 aromatic rings. The van der Waals surface area contributed by atoms with Crippen LogP contribution in [0.25, 0.3) is 0 Å². The highest BCUT2D eigenvalue weighted by Gasteiger charge is 2.04. The van der Waals surface area contributed by atoms with Gasteiger partial charge in [-0.15, -0.1) is 0 Å². The van der Waals surface area contributed by atoms with E-state index in [0.29, 0.717) is 24.8 Å². The Balaban J connectivity index is 1.75. The zero-order chi connectivity index (χ0) is 14.9. The Kier molecular flexibility index (Phi) is 6.38. The standard InChI is InChI=1S/C17H20ClNO2/c18-15-7-8-17(14(13-15)9-10-19)21-12-4-11-20-16-5-2-1-3-6-16/h1-3,5-8,13H,4,9-12,19H2. The van der Waals surface area contributed by atoms with Crippen LogP contribution in [-0.2, 0) is 6.42 Å². The Hall–Kier alpha value is -1.71. The van der Waals surface area contributed by atoms with Crippen molar-refractivity contribution in [3.05, 3.63) is 59.1 Å². The molecule has 0 unspecified atom stereocenters. The molecule has 3 nitrogen and oxygen atoms in total. The van der Waals surface area contributed by atoms with Gasteiger partial charge in [-0.25, -0.2) is 0 Å². The Bertz CT molecular complexity index is 546. The lowest BCUT2D eigenvalue weighted by Crippen LogP contribution is -2.08. The van der Waals surface area contributed by atoms with Crippen LogP contribution in [0.15, 0.2) is 48.5 Å². The highest BCUT2D eigenvalue weighted by molar-refractivity contribution is 6.30. The first-order chi connectivity index (χ1) is 10.3. The second-order valence-corrected chi connectivity index (χ2v) is 5.09. The number of benzene rings is 2. The fourth-order valence-corrected chi connectivity index (χ4v) is 2.18. The van der Waals surface area contributed by atoms with E-state index in [2.05, 4.69) is 0 Å². The summed E-state index contributed by atoms with van der Waals surface area (Å²) in [6, 6.07) is 15.4. The molecule has 0 aromatic heterocycles. The van der Waals surface area contributed by atoms with Crippen molar-refractivity contribution >= 4 is 11.6 Å². The van der Waals surface area contributed by atoms with E-state index in [9.17, 15) is 0 Å². The summed E-state index contributed by atoms with van der Waals surface area (Å²) in [6.45, 7) is 1.81. The summed E-state index contributed by atoms with van der Waals surface area (Å²) in [4.78, 5) is 0. The van der Waals surface area contributed by atoms with Crippen LogP contribution in [0.5, 0.6) is 11.5 Å². The number of nitrogens with two attached hydrogens (primary N) is 1. The van der Waals surface area contributed by atoms with Gasteiger partial charge in [0.25, 0.3) is 0 Å². The monoisotopic (exact) mass is 305 g/mol. The van der Waals surface area contributed by atoms with Gasteiger partial charge in [-0.3, -0.25) is 0 Å². The molecule has 0 spiro atoms. The lowest BCUT2D eigenvalue weighted by atomic mass is 10.1. The van der Waals surface area contributed by atoms with Crippen molar-refractivity contribution in [1.29, 1.82) is 0 Å². The largest absolute Gasteiger partial charge is 0.493 e. The molecule has 0 saturated heterocycles. The van der Waals surface area contributed by atoms with E-state index in [-0.39, 0.29) is 0 Å². The van der Waals surface area contributed by atoms with Crippen LogP contribution in [-0.4, -0.2) is 19.8 Å². The second-order valence-electron chi connectivity index (χ2n) is 4.65. The van der Waals surface area contributed by atoms with Gasteiger partial charge in [0.2, 0.25) is 0 Å². The summed E-state index contributed by atoms with van der Waals surface area (Å²) in [5.74, 6) is 1.73. The van der Waals surface area contributed by atoms with Gasteiger partial charge >= 0.3 is 0 Å². The number of rotatable bonds is 8. The third kappa shape index (κ3) is 5.29. The maximum atomic E-state index is 5.99. The first kappa shape index (κ1) is 15.7. The Morgan fingerprint density at radius 1 is 0.952 bits per heavy atom. The van der Waals surface area contributed by atoms with Gasteiger partial charge in [0.05, 0.1) is 13.2 Å². The van der Waals surface area contributed by atoms with Crippen LogP contribution in [0.3, 0.4) is 0 Å². The molecule has 2 N–H and O–H groups in total. The molecule has 21 heavy (non-hydrogen) atoms. The second kappa shape index (κ2) is 8.55. The molecule has 112 valence electrons. The summed E-state index contributed by atoms with van der Waals surface area (Å²) in [5, 5.41) is 0.707. The molecule has 0 atom stereocenters. The van der Waals surface area contributed by atoms with E-state index < -0.39 is 0 Å². The van der Waals surface area contributed by atoms with E-state index in [1.165, 1.54) is 0 Å². The van der Waals surface area contributed by atoms with Crippen molar-refractivity contribution in [1.82, 2.24) is 0 Å². The molecule has 0 aliphatic carbocycles. The number of para-hydroxylation sites is 1. The van der Waals surface area contributed by atoms with Gasteiger partial charge in [-0.1, -0.05) is 29.8 Å². The summed E-state index contributed by atoms with van der Waals surface area (Å²) >= 11 is 5.99. The molecular weight excluding hydrogens is 286 g/mol. The van der Waals surface area contributed by atoms with Gasteiger partial charge in [-0.05, 0) is 48.9 Å². The normalized spacial score (nSPS) is 10.4. The molecule has 0 amide bonds. The predicted molar refractivity (Wildman–Crippen MR) is 86.3 cm³/mol. The van der Waals surface area contributed by atoms with Crippen LogP contribution >= 0.6 is 11.6 Å². The van der Waals surface area contributed by atoms with Crippen molar-refractivity contribution < 1.29 is 9.47 Å². The Morgan fingerprint density at radius 3 is 2.48 bits per heavy atom. The van der Waals surface area contributed by atoms with Crippen LogP contribution in [0.2, 0.25) is 5.02 Å². The van der Waals surface area contributed by atoms with Gasteiger partial charge in [0.1, 0.15) is 11.5 Å². The molecular formula is C17H20ClNO2. The first-order valence-electron chi connectivity index (χ1n) is 7.09. The van der Waals surface area contributed by atoms with E-state index in [0.717, 1.165) is 29.9 Å². The van der Waals surface area contributed by atoms with Gasteiger partial charge < -0.3 is 15.2 Å². The highest BCUT2D eigenvalue weighted by Crippen LogP contribution is 2.23. The fraction of sp³-hybridized carbons (Fsp3) is 0.294. The molecule has 0 radical (unpaired) electrons. The third-order valence-corrected chi connectivity index (χ3v) is 3.23. The van der Waals surface area contributed by atoms with Gasteiger partial charge in [0.15, 0.2) is 0 Å². The fourth-order valence-electron chi connectivity index (χ4n) is 1.99. The topological polar surface area (TPSA) is 44.5 Å². The van der Waals surface area contributed by atoms with E-state index in [1.54, 1.807) is 0 Å². The van der Waals surface area contributed by atoms with E-state index in [1.807, 2.05) is 48.5 Å². The summed E-state index contributed by atoms with van der Waals surface area (Å²) in [6.07, 6.45) is 1.58. The average molecular weight is 306 g/mol. The number of halogens is 1. The maximum Gasteiger partial charge on any atom is 0.122 e. The summed E-state index contributed by atoms with van der Waals surface area (Å²) in [7, 11) is 0. The van der Waals surface area contributed by atoms with Crippen molar-refractivity contribution in [2.24, 2.45) is 5.73 Å². The summed E-state index contributed by atoms with van der Waals surface area (Å²) in [5.41, 5.74) is 6.65. The minimum atomic E-state index is 0.577. The van der Waals surface area contributed by atoms with Crippen LogP contribution in [0.4, 0.5) is 0 Å². The lowest BCUT2D eigenvalue weighted by Gasteiger charge is -2.12. The molecule has 0 aliphatic heterocycles. The minimum absolute atomic E-state index is 0.577. The number of ether oxygens (including phenoxy) is 2. The van der Waals surface area contributed by atoms with Crippen molar-refractivity contribution in [2.75, 3.05) is 19.8 Å². The molecule has 4 heteroatoms. The molecule has 0 bridgehead atoms. The number of hydrogen-bond donors (Lipinski definition) is 1. The zero-order valence-electron chi connectivity index (χ0n) is 11.9. The van der Waals surface area contributed by atoms with Crippen LogP contribution in [0, 0.1) is 0 Å². The zero-order valence-corrected chi connectivity index (χ0v) is 12.7. The van der Waals surface area contributed by atoms with Gasteiger partial charge in [-0.2, -0.15) is 0 Å². The molecule has 0 saturated carbocycles. The Labute approximate surface area is 130 Å². The van der Waals surface area contributed by atoms with Crippen LogP contribution < -0.4 is 15.2 Å². The van der Waals surface area contributed by atoms with Crippen molar-refractivity contribution in [3.63, 3.8) is 0 Å². The van der Waals surface area contributed by atoms with E-state index >= 15 is 0 Å². The smallest absolute Gasteiger partial charge is 0.122 e. The van der Waals surface area contributed by atoms with Crippen LogP contribution in [0.1, 0.15) is 12.0 Å². The quantitative estimate of drug-likeness (QED) is 0.757. The predicted octanol–water partition coefficient (Wildman–Crippen LogP) is 3.69. The third-order valence-electron chi connectivity index (χ3n) is 2.99. The number of hydrogen-bond acceptors (Lipinski definition) is 3. The average Bonchev–Trinajstić information content (AvgIpc) is 2.50.